The summed E-state index contributed by atoms with van der Waals surface area (Å²) in [4.78, 5) is 24.9. The summed E-state index contributed by atoms with van der Waals surface area (Å²) >= 11 is 0. The summed E-state index contributed by atoms with van der Waals surface area (Å²) in [6, 6.07) is 14.7. The van der Waals surface area contributed by atoms with Gasteiger partial charge < -0.3 is 15.2 Å². The van der Waals surface area contributed by atoms with Crippen LogP contribution in [0.2, 0.25) is 0 Å². The van der Waals surface area contributed by atoms with Crippen molar-refractivity contribution in [1.82, 2.24) is 4.90 Å². The van der Waals surface area contributed by atoms with Crippen molar-refractivity contribution in [2.45, 2.75) is 26.8 Å². The van der Waals surface area contributed by atoms with Gasteiger partial charge in [-0.1, -0.05) is 29.8 Å². The molecule has 0 heterocycles. The normalized spacial score (nSPS) is 10.8. The number of hydrogen-bond acceptors (Lipinski definition) is 4. The molecule has 0 aliphatic heterocycles. The average molecular weight is 356 g/mol. The summed E-state index contributed by atoms with van der Waals surface area (Å²) < 4.78 is 5.86. The Morgan fingerprint density at radius 1 is 1.08 bits per heavy atom. The number of rotatable bonds is 8. The third-order valence-electron chi connectivity index (χ3n) is 3.83. The van der Waals surface area contributed by atoms with Gasteiger partial charge in [-0.3, -0.25) is 14.5 Å². The van der Waals surface area contributed by atoms with Gasteiger partial charge in [-0.2, -0.15) is 0 Å². The van der Waals surface area contributed by atoms with E-state index in [0.29, 0.717) is 17.2 Å². The van der Waals surface area contributed by atoms with E-state index < -0.39 is 5.97 Å². The van der Waals surface area contributed by atoms with Gasteiger partial charge in [0.15, 0.2) is 5.75 Å². The molecule has 6 nitrogen and oxygen atoms in total. The molecule has 2 aromatic carbocycles. The van der Waals surface area contributed by atoms with Gasteiger partial charge in [-0.25, -0.2) is 0 Å². The van der Waals surface area contributed by atoms with Crippen molar-refractivity contribution in [3.8, 4) is 11.5 Å². The summed E-state index contributed by atoms with van der Waals surface area (Å²) in [7, 11) is 0. The van der Waals surface area contributed by atoms with Crippen molar-refractivity contribution in [3.05, 3.63) is 54.1 Å². The Bertz CT molecular complexity index is 757. The molecular weight excluding hydrogens is 332 g/mol. The van der Waals surface area contributed by atoms with E-state index in [-0.39, 0.29) is 25.0 Å². The lowest BCUT2D eigenvalue weighted by Crippen LogP contribution is -2.41. The first-order valence-corrected chi connectivity index (χ1v) is 8.44. The van der Waals surface area contributed by atoms with Crippen LogP contribution in [-0.2, 0) is 9.59 Å². The minimum Gasteiger partial charge on any atom is -0.480 e. The van der Waals surface area contributed by atoms with Gasteiger partial charge in [0.25, 0.3) is 0 Å². The maximum absolute atomic E-state index is 12.4. The first kappa shape index (κ1) is 19.5. The predicted molar refractivity (Wildman–Crippen MR) is 101 cm³/mol. The van der Waals surface area contributed by atoms with Gasteiger partial charge in [0.1, 0.15) is 5.75 Å². The second-order valence-corrected chi connectivity index (χ2v) is 6.35. The van der Waals surface area contributed by atoms with Crippen LogP contribution < -0.4 is 10.1 Å². The minimum atomic E-state index is -0.963. The largest absolute Gasteiger partial charge is 0.480 e. The number of nitrogens with zero attached hydrogens (tertiary/aromatic N) is 1. The number of ether oxygens (including phenoxy) is 1. The van der Waals surface area contributed by atoms with Crippen LogP contribution >= 0.6 is 0 Å². The van der Waals surface area contributed by atoms with Gasteiger partial charge in [0.2, 0.25) is 5.91 Å². The second kappa shape index (κ2) is 9.01. The summed E-state index contributed by atoms with van der Waals surface area (Å²) in [6.45, 7) is 5.50. The molecule has 0 atom stereocenters. The summed E-state index contributed by atoms with van der Waals surface area (Å²) in [5, 5.41) is 11.8. The number of nitrogens with one attached hydrogen (secondary N) is 1. The third-order valence-corrected chi connectivity index (χ3v) is 3.83. The number of carbonyl (C=O) groups is 2. The van der Waals surface area contributed by atoms with Crippen molar-refractivity contribution >= 4 is 17.6 Å². The number of aliphatic carboxylic acids is 1. The Morgan fingerprint density at radius 2 is 1.73 bits per heavy atom. The zero-order chi connectivity index (χ0) is 19.1. The van der Waals surface area contributed by atoms with Crippen molar-refractivity contribution in [3.63, 3.8) is 0 Å². The number of aryl methyl sites for hydroxylation is 1. The Morgan fingerprint density at radius 3 is 2.35 bits per heavy atom. The highest BCUT2D eigenvalue weighted by atomic mass is 16.5. The highest BCUT2D eigenvalue weighted by Crippen LogP contribution is 2.29. The van der Waals surface area contributed by atoms with Crippen molar-refractivity contribution < 1.29 is 19.4 Å². The van der Waals surface area contributed by atoms with Crippen molar-refractivity contribution in [2.75, 3.05) is 18.4 Å². The first-order valence-electron chi connectivity index (χ1n) is 8.44. The van der Waals surface area contributed by atoms with Crippen molar-refractivity contribution in [1.29, 1.82) is 0 Å². The molecule has 0 saturated heterocycles. The summed E-state index contributed by atoms with van der Waals surface area (Å²) in [6.07, 6.45) is 0. The van der Waals surface area contributed by atoms with E-state index in [4.69, 9.17) is 9.84 Å². The Labute approximate surface area is 153 Å². The van der Waals surface area contributed by atoms with E-state index in [2.05, 4.69) is 5.32 Å². The fraction of sp³-hybridized carbons (Fsp3) is 0.300. The number of benzene rings is 2. The predicted octanol–water partition coefficient (Wildman–Crippen LogP) is 3.52. The van der Waals surface area contributed by atoms with E-state index >= 15 is 0 Å². The van der Waals surface area contributed by atoms with E-state index in [1.54, 1.807) is 23.1 Å². The summed E-state index contributed by atoms with van der Waals surface area (Å²) in [5.41, 5.74) is 1.67. The minimum absolute atomic E-state index is 0.0111. The average Bonchev–Trinajstić information content (AvgIpc) is 2.57. The van der Waals surface area contributed by atoms with Crippen LogP contribution in [0.5, 0.6) is 11.5 Å². The number of carboxylic acids is 1. The van der Waals surface area contributed by atoms with Gasteiger partial charge >= 0.3 is 5.97 Å². The lowest BCUT2D eigenvalue weighted by Gasteiger charge is -2.24. The molecule has 2 rings (SSSR count). The standard InChI is InChI=1S/C20H24N2O4/c1-14(2)22(13-20(24)25)12-19(23)21-17-6-4-5-7-18(17)26-16-10-8-15(3)9-11-16/h4-11,14H,12-13H2,1-3H3,(H,21,23)(H,24,25). The van der Waals surface area contributed by atoms with Gasteiger partial charge in [0, 0.05) is 6.04 Å². The molecule has 0 unspecified atom stereocenters. The van der Waals surface area contributed by atoms with Gasteiger partial charge in [-0.05, 0) is 45.0 Å². The van der Waals surface area contributed by atoms with Crippen LogP contribution in [0.3, 0.4) is 0 Å². The Balaban J connectivity index is 2.07. The molecule has 2 aromatic rings. The number of hydrogen-bond donors (Lipinski definition) is 2. The molecule has 0 spiro atoms. The molecule has 0 bridgehead atoms. The summed E-state index contributed by atoms with van der Waals surface area (Å²) in [5.74, 6) is -0.0551. The maximum Gasteiger partial charge on any atom is 0.317 e. The van der Waals surface area contributed by atoms with E-state index in [0.717, 1.165) is 5.56 Å². The monoisotopic (exact) mass is 356 g/mol. The molecule has 26 heavy (non-hydrogen) atoms. The molecule has 1 amide bonds. The van der Waals surface area contributed by atoms with Crippen LogP contribution in [0, 0.1) is 6.92 Å². The zero-order valence-corrected chi connectivity index (χ0v) is 15.2. The smallest absolute Gasteiger partial charge is 0.317 e. The maximum atomic E-state index is 12.4. The van der Waals surface area contributed by atoms with Crippen LogP contribution in [0.1, 0.15) is 19.4 Å². The number of amides is 1. The number of para-hydroxylation sites is 2. The van der Waals surface area contributed by atoms with E-state index in [9.17, 15) is 9.59 Å². The topological polar surface area (TPSA) is 78.9 Å². The molecule has 2 N–H and O–H groups in total. The van der Waals surface area contributed by atoms with E-state index in [1.165, 1.54) is 0 Å². The number of anilines is 1. The third kappa shape index (κ3) is 5.89. The molecule has 0 aliphatic carbocycles. The lowest BCUT2D eigenvalue weighted by atomic mass is 10.2. The molecule has 0 radical (unpaired) electrons. The van der Waals surface area contributed by atoms with Crippen LogP contribution in [0.4, 0.5) is 5.69 Å². The number of carbonyl (C=O) groups excluding carboxylic acids is 1. The van der Waals surface area contributed by atoms with Crippen LogP contribution in [0.25, 0.3) is 0 Å². The molecule has 0 aliphatic rings. The molecule has 138 valence electrons. The SMILES string of the molecule is Cc1ccc(Oc2ccccc2NC(=O)CN(CC(=O)O)C(C)C)cc1. The lowest BCUT2D eigenvalue weighted by molar-refractivity contribution is -0.139. The molecule has 0 aromatic heterocycles. The molecule has 6 heteroatoms. The fourth-order valence-corrected chi connectivity index (χ4v) is 2.36. The number of carboxylic acid groups (broad SMARTS) is 1. The van der Waals surface area contributed by atoms with Gasteiger partial charge in [0.05, 0.1) is 18.8 Å². The molecule has 0 fully saturated rings. The highest BCUT2D eigenvalue weighted by Gasteiger charge is 2.18. The molecular formula is C20H24N2O4. The Hall–Kier alpha value is -2.86. The second-order valence-electron chi connectivity index (χ2n) is 6.35. The highest BCUT2D eigenvalue weighted by molar-refractivity contribution is 5.94. The zero-order valence-electron chi connectivity index (χ0n) is 15.2. The van der Waals surface area contributed by atoms with Gasteiger partial charge in [-0.15, -0.1) is 0 Å². The first-order chi connectivity index (χ1) is 12.3. The van der Waals surface area contributed by atoms with Crippen LogP contribution in [0.15, 0.2) is 48.5 Å². The quantitative estimate of drug-likeness (QED) is 0.756. The van der Waals surface area contributed by atoms with E-state index in [1.807, 2.05) is 51.1 Å². The molecule has 0 saturated carbocycles. The van der Waals surface area contributed by atoms with Crippen LogP contribution in [-0.4, -0.2) is 41.0 Å². The Kier molecular flexibility index (Phi) is 6.74. The fourth-order valence-electron chi connectivity index (χ4n) is 2.36. The van der Waals surface area contributed by atoms with Crippen molar-refractivity contribution in [2.24, 2.45) is 0 Å².